The van der Waals surface area contributed by atoms with Gasteiger partial charge in [-0.15, -0.1) is 5.10 Å². The van der Waals surface area contributed by atoms with Crippen LogP contribution in [0.1, 0.15) is 62.4 Å². The lowest BCUT2D eigenvalue weighted by atomic mass is 9.66. The summed E-state index contributed by atoms with van der Waals surface area (Å²) in [5.74, 6) is -0.971. The van der Waals surface area contributed by atoms with Crippen molar-refractivity contribution in [3.05, 3.63) is 83.0 Å². The van der Waals surface area contributed by atoms with Crippen molar-refractivity contribution in [3.63, 3.8) is 0 Å². The molecule has 1 aromatic carbocycles. The van der Waals surface area contributed by atoms with Gasteiger partial charge in [0.05, 0.1) is 34.1 Å². The zero-order valence-electron chi connectivity index (χ0n) is 20.7. The van der Waals surface area contributed by atoms with Gasteiger partial charge in [-0.3, -0.25) is 4.99 Å². The summed E-state index contributed by atoms with van der Waals surface area (Å²) in [5.41, 5.74) is 2.29. The standard InChI is InChI=1S/C28H24F2N6O/c1-16(26-34-17(15-37-26)7-6-12-31)33-23(14-32-4)28-11-10-19(27(28,2)3)18-13-22(35-36-25(18)28)24-20(29)8-5-9-21(24)30/h5-9,13-15,19H,4,10-11H2,1-3H3/b7-6+,23-14-,33-16?/t19-,28-/m0/s1. The van der Waals surface area contributed by atoms with Crippen LogP contribution in [0.5, 0.6) is 0 Å². The van der Waals surface area contributed by atoms with Gasteiger partial charge >= 0.3 is 0 Å². The first-order chi connectivity index (χ1) is 17.7. The lowest BCUT2D eigenvalue weighted by molar-refractivity contribution is 0.241. The predicted molar refractivity (Wildman–Crippen MR) is 136 cm³/mol. The summed E-state index contributed by atoms with van der Waals surface area (Å²) in [6.07, 6.45) is 7.52. The highest BCUT2D eigenvalue weighted by Gasteiger charge is 2.65. The zero-order valence-corrected chi connectivity index (χ0v) is 20.7. The maximum absolute atomic E-state index is 14.5. The molecule has 5 rings (SSSR count). The Morgan fingerprint density at radius 3 is 2.73 bits per heavy atom. The third-order valence-electron chi connectivity index (χ3n) is 7.70. The zero-order chi connectivity index (χ0) is 26.4. The number of fused-ring (bicyclic) bond motifs is 5. The van der Waals surface area contributed by atoms with Crippen molar-refractivity contribution in [2.45, 2.75) is 44.9 Å². The number of halogens is 2. The molecule has 186 valence electrons. The molecule has 2 aromatic heterocycles. The fourth-order valence-electron chi connectivity index (χ4n) is 5.96. The van der Waals surface area contributed by atoms with Gasteiger partial charge in [0.25, 0.3) is 0 Å². The van der Waals surface area contributed by atoms with Gasteiger partial charge in [-0.1, -0.05) is 19.9 Å². The summed E-state index contributed by atoms with van der Waals surface area (Å²) < 4.78 is 34.6. The summed E-state index contributed by atoms with van der Waals surface area (Å²) >= 11 is 0. The van der Waals surface area contributed by atoms with Crippen molar-refractivity contribution in [1.29, 1.82) is 5.26 Å². The van der Waals surface area contributed by atoms with Crippen LogP contribution in [-0.2, 0) is 5.41 Å². The number of hydrogen-bond acceptors (Lipinski definition) is 7. The van der Waals surface area contributed by atoms with E-state index in [1.165, 1.54) is 30.5 Å². The minimum Gasteiger partial charge on any atom is -0.443 e. The number of rotatable bonds is 6. The second-order valence-electron chi connectivity index (χ2n) is 9.78. The molecule has 1 saturated carbocycles. The number of oxazole rings is 1. The first-order valence-corrected chi connectivity index (χ1v) is 11.8. The molecule has 2 atom stereocenters. The van der Waals surface area contributed by atoms with Crippen molar-refractivity contribution >= 4 is 18.5 Å². The molecule has 2 bridgehead atoms. The first kappa shape index (κ1) is 24.4. The van der Waals surface area contributed by atoms with Gasteiger partial charge in [0.15, 0.2) is 0 Å². The smallest absolute Gasteiger partial charge is 0.240 e. The Labute approximate surface area is 213 Å². The van der Waals surface area contributed by atoms with E-state index in [0.29, 0.717) is 23.0 Å². The lowest BCUT2D eigenvalue weighted by Gasteiger charge is -2.38. The van der Waals surface area contributed by atoms with Crippen LogP contribution in [-0.4, -0.2) is 27.6 Å². The molecule has 0 N–H and O–H groups in total. The van der Waals surface area contributed by atoms with Crippen LogP contribution < -0.4 is 0 Å². The third-order valence-corrected chi connectivity index (χ3v) is 7.70. The molecule has 0 spiro atoms. The molecule has 0 saturated heterocycles. The summed E-state index contributed by atoms with van der Waals surface area (Å²) in [7, 11) is 0. The van der Waals surface area contributed by atoms with Crippen LogP contribution in [0.25, 0.3) is 17.3 Å². The molecular weight excluding hydrogens is 474 g/mol. The predicted octanol–water partition coefficient (Wildman–Crippen LogP) is 6.15. The fraction of sp³-hybridized carbons (Fsp3) is 0.286. The van der Waals surface area contributed by atoms with Gasteiger partial charge in [0, 0.05) is 12.3 Å². The van der Waals surface area contributed by atoms with Crippen LogP contribution in [0.3, 0.4) is 0 Å². The Hall–Kier alpha value is -4.32. The van der Waals surface area contributed by atoms with E-state index in [1.54, 1.807) is 25.3 Å². The normalized spacial score (nSPS) is 22.3. The summed E-state index contributed by atoms with van der Waals surface area (Å²) in [6.45, 7) is 9.72. The lowest BCUT2D eigenvalue weighted by Crippen LogP contribution is -2.37. The number of hydrogen-bond donors (Lipinski definition) is 0. The van der Waals surface area contributed by atoms with Crippen LogP contribution >= 0.6 is 0 Å². The van der Waals surface area contributed by atoms with Gasteiger partial charge < -0.3 is 4.42 Å². The Bertz CT molecular complexity index is 1520. The molecule has 0 radical (unpaired) electrons. The first-order valence-electron chi connectivity index (χ1n) is 11.8. The van der Waals surface area contributed by atoms with Gasteiger partial charge in [-0.25, -0.2) is 18.8 Å². The van der Waals surface area contributed by atoms with E-state index < -0.39 is 17.0 Å². The number of nitrogens with zero attached hydrogens (tertiary/aromatic N) is 6. The average Bonchev–Trinajstić information content (AvgIpc) is 3.50. The molecule has 0 unspecified atom stereocenters. The third kappa shape index (κ3) is 3.63. The van der Waals surface area contributed by atoms with Crippen LogP contribution in [0.15, 0.2) is 62.9 Å². The summed E-state index contributed by atoms with van der Waals surface area (Å²) in [6, 6.07) is 7.43. The molecule has 3 aromatic rings. The Balaban J connectivity index is 1.63. The highest BCUT2D eigenvalue weighted by molar-refractivity contribution is 5.95. The minimum atomic E-state index is -0.682. The van der Waals surface area contributed by atoms with Crippen molar-refractivity contribution in [2.24, 2.45) is 15.4 Å². The number of aliphatic imine (C=N–C) groups is 2. The molecule has 37 heavy (non-hydrogen) atoms. The van der Waals surface area contributed by atoms with Crippen LogP contribution in [0, 0.1) is 28.4 Å². The maximum atomic E-state index is 14.5. The van der Waals surface area contributed by atoms with Crippen molar-refractivity contribution in [1.82, 2.24) is 15.2 Å². The number of aromatic nitrogens is 3. The quantitative estimate of drug-likeness (QED) is 0.300. The molecule has 0 amide bonds. The highest BCUT2D eigenvalue weighted by Crippen LogP contribution is 2.70. The van der Waals surface area contributed by atoms with Gasteiger partial charge in [-0.05, 0) is 67.7 Å². The largest absolute Gasteiger partial charge is 0.443 e. The molecule has 9 heteroatoms. The Morgan fingerprint density at radius 2 is 2.03 bits per heavy atom. The molecular formula is C28H24F2N6O. The van der Waals surface area contributed by atoms with Gasteiger partial charge in [0.2, 0.25) is 5.89 Å². The SMILES string of the molecule is C=N/C=C(\N=C(C)c1nc(/C=C/C#N)co1)[C@@]12CC[C@@H](c3cc(-c4c(F)cccc4F)nnc31)C2(C)C. The number of allylic oxidation sites excluding steroid dienone is 2. The van der Waals surface area contributed by atoms with Crippen LogP contribution in [0.4, 0.5) is 8.78 Å². The Morgan fingerprint density at radius 1 is 1.27 bits per heavy atom. The maximum Gasteiger partial charge on any atom is 0.240 e. The highest BCUT2D eigenvalue weighted by atomic mass is 19.1. The monoisotopic (exact) mass is 498 g/mol. The minimum absolute atomic E-state index is 0.0831. The second-order valence-corrected chi connectivity index (χ2v) is 9.78. The second kappa shape index (κ2) is 8.96. The van der Waals surface area contributed by atoms with E-state index in [4.69, 9.17) is 14.7 Å². The van der Waals surface area contributed by atoms with Gasteiger partial charge in [-0.2, -0.15) is 10.4 Å². The molecule has 2 heterocycles. The summed E-state index contributed by atoms with van der Waals surface area (Å²) in [4.78, 5) is 13.3. The topological polar surface area (TPSA) is 100 Å². The van der Waals surface area contributed by atoms with E-state index >= 15 is 0 Å². The summed E-state index contributed by atoms with van der Waals surface area (Å²) in [5, 5.41) is 17.6. The average molecular weight is 499 g/mol. The molecule has 2 aliphatic rings. The van der Waals surface area contributed by atoms with E-state index in [2.05, 4.69) is 40.7 Å². The van der Waals surface area contributed by atoms with Gasteiger partial charge in [0.1, 0.15) is 29.3 Å². The van der Waals surface area contributed by atoms with Crippen molar-refractivity contribution in [2.75, 3.05) is 0 Å². The Kier molecular flexibility index (Phi) is 5.91. The number of benzene rings is 1. The van der Waals surface area contributed by atoms with E-state index in [9.17, 15) is 8.78 Å². The molecule has 7 nitrogen and oxygen atoms in total. The molecule has 0 aliphatic heterocycles. The van der Waals surface area contributed by atoms with E-state index in [0.717, 1.165) is 24.1 Å². The number of nitriles is 1. The van der Waals surface area contributed by atoms with Crippen molar-refractivity contribution in [3.8, 4) is 17.3 Å². The molecule has 1 fully saturated rings. The van der Waals surface area contributed by atoms with E-state index in [-0.39, 0.29) is 22.6 Å². The molecule has 2 aliphatic carbocycles. The van der Waals surface area contributed by atoms with E-state index in [1.807, 2.05) is 6.07 Å². The fourth-order valence-corrected chi connectivity index (χ4v) is 5.96. The van der Waals surface area contributed by atoms with Crippen LogP contribution in [0.2, 0.25) is 0 Å². The van der Waals surface area contributed by atoms with Crippen molar-refractivity contribution < 1.29 is 13.2 Å².